The van der Waals surface area contributed by atoms with Crippen molar-refractivity contribution in [3.05, 3.63) is 11.6 Å². The average molecular weight is 336 g/mol. The van der Waals surface area contributed by atoms with Gasteiger partial charge in [0.2, 0.25) is 0 Å². The molecule has 24 heavy (non-hydrogen) atoms. The van der Waals surface area contributed by atoms with Crippen LogP contribution in [0.2, 0.25) is 0 Å². The van der Waals surface area contributed by atoms with Crippen LogP contribution in [0.25, 0.3) is 0 Å². The highest BCUT2D eigenvalue weighted by atomic mass is 16.5. The van der Waals surface area contributed by atoms with Gasteiger partial charge in [-0.05, 0) is 26.3 Å². The van der Waals surface area contributed by atoms with Crippen LogP contribution >= 0.6 is 0 Å². The first-order valence-corrected chi connectivity index (χ1v) is 8.73. The van der Waals surface area contributed by atoms with Crippen LogP contribution in [0.3, 0.4) is 0 Å². The monoisotopic (exact) mass is 336 g/mol. The van der Waals surface area contributed by atoms with Crippen molar-refractivity contribution >= 4 is 6.03 Å². The summed E-state index contributed by atoms with van der Waals surface area (Å²) < 4.78 is 7.37. The summed E-state index contributed by atoms with van der Waals surface area (Å²) in [5, 5.41) is 8.38. The number of piperidine rings is 1. The van der Waals surface area contributed by atoms with E-state index in [0.717, 1.165) is 44.1 Å². The zero-order valence-electron chi connectivity index (χ0n) is 14.9. The summed E-state index contributed by atoms with van der Waals surface area (Å²) in [4.78, 5) is 18.9. The van der Waals surface area contributed by atoms with Crippen LogP contribution in [-0.4, -0.2) is 88.0 Å². The topological polar surface area (TPSA) is 66.7 Å². The van der Waals surface area contributed by atoms with Gasteiger partial charge in [-0.25, -0.2) is 4.79 Å². The Kier molecular flexibility index (Phi) is 5.35. The van der Waals surface area contributed by atoms with Crippen LogP contribution in [-0.2, 0) is 18.3 Å². The van der Waals surface area contributed by atoms with Crippen molar-refractivity contribution in [2.24, 2.45) is 7.05 Å². The van der Waals surface area contributed by atoms with E-state index in [4.69, 9.17) is 4.74 Å². The van der Waals surface area contributed by atoms with Crippen LogP contribution in [0, 0.1) is 6.92 Å². The molecule has 1 atom stereocenters. The fourth-order valence-electron chi connectivity index (χ4n) is 3.41. The Bertz CT molecular complexity index is 569. The number of aromatic nitrogens is 3. The first-order valence-electron chi connectivity index (χ1n) is 8.73. The minimum atomic E-state index is 0.125. The molecule has 0 saturated carbocycles. The minimum Gasteiger partial charge on any atom is -0.378 e. The zero-order chi connectivity index (χ0) is 17.1. The first-order chi connectivity index (χ1) is 11.6. The lowest BCUT2D eigenvalue weighted by Gasteiger charge is -2.40. The van der Waals surface area contributed by atoms with Gasteiger partial charge in [-0.15, -0.1) is 10.2 Å². The molecule has 0 spiro atoms. The highest BCUT2D eigenvalue weighted by Gasteiger charge is 2.29. The van der Waals surface area contributed by atoms with Crippen LogP contribution in [0.15, 0.2) is 0 Å². The van der Waals surface area contributed by atoms with Gasteiger partial charge in [-0.2, -0.15) is 0 Å². The largest absolute Gasteiger partial charge is 0.378 e. The molecule has 1 unspecified atom stereocenters. The number of likely N-dealkylation sites (tertiary alicyclic amines) is 1. The summed E-state index contributed by atoms with van der Waals surface area (Å²) >= 11 is 0. The number of ether oxygens (including phenoxy) is 1. The Morgan fingerprint density at radius 1 is 1.29 bits per heavy atom. The maximum absolute atomic E-state index is 12.7. The van der Waals surface area contributed by atoms with Crippen LogP contribution in [0.1, 0.15) is 24.5 Å². The summed E-state index contributed by atoms with van der Waals surface area (Å²) in [6.07, 6.45) is 2.16. The van der Waals surface area contributed by atoms with E-state index >= 15 is 0 Å². The lowest BCUT2D eigenvalue weighted by atomic mass is 10.0. The predicted octanol–water partition coefficient (Wildman–Crippen LogP) is 0.472. The Balaban J connectivity index is 1.58. The fraction of sp³-hybridized carbons (Fsp3) is 0.812. The van der Waals surface area contributed by atoms with E-state index in [1.807, 2.05) is 35.4 Å². The number of aryl methyl sites for hydroxylation is 1. The number of amides is 2. The number of morpholine rings is 1. The normalized spacial score (nSPS) is 22.6. The SMILES string of the molecule is Cc1nnc(CN2CCCC(N(C)C(=O)N3CCOCC3)C2)n1C. The van der Waals surface area contributed by atoms with Crippen LogP contribution in [0.4, 0.5) is 4.79 Å². The van der Waals surface area contributed by atoms with Gasteiger partial charge in [0.15, 0.2) is 0 Å². The number of carbonyl (C=O) groups is 1. The van der Waals surface area contributed by atoms with Crippen molar-refractivity contribution < 1.29 is 9.53 Å². The summed E-state index contributed by atoms with van der Waals surface area (Å²) in [5.74, 6) is 1.91. The summed E-state index contributed by atoms with van der Waals surface area (Å²) in [7, 11) is 3.93. The molecule has 2 fully saturated rings. The molecule has 3 heterocycles. The van der Waals surface area contributed by atoms with Gasteiger partial charge < -0.3 is 19.1 Å². The van der Waals surface area contributed by atoms with Crippen molar-refractivity contribution in [3.63, 3.8) is 0 Å². The Labute approximate surface area is 143 Å². The molecule has 2 aliphatic heterocycles. The van der Waals surface area contributed by atoms with Gasteiger partial charge in [0.05, 0.1) is 19.8 Å². The quantitative estimate of drug-likeness (QED) is 0.803. The maximum atomic E-state index is 12.7. The highest BCUT2D eigenvalue weighted by Crippen LogP contribution is 2.18. The van der Waals surface area contributed by atoms with E-state index in [0.29, 0.717) is 26.3 Å². The minimum absolute atomic E-state index is 0.125. The number of hydrogen-bond acceptors (Lipinski definition) is 5. The summed E-state index contributed by atoms with van der Waals surface area (Å²) in [6, 6.07) is 0.378. The molecule has 2 amide bonds. The van der Waals surface area contributed by atoms with Gasteiger partial charge >= 0.3 is 6.03 Å². The standard InChI is InChI=1S/C16H28N6O2/c1-13-17-18-15(19(13)2)12-21-6-4-5-14(11-21)20(3)16(23)22-7-9-24-10-8-22/h14H,4-12H2,1-3H3. The highest BCUT2D eigenvalue weighted by molar-refractivity contribution is 5.74. The smallest absolute Gasteiger partial charge is 0.320 e. The third-order valence-corrected chi connectivity index (χ3v) is 5.16. The second-order valence-electron chi connectivity index (χ2n) is 6.75. The molecule has 3 rings (SSSR count). The molecule has 1 aromatic rings. The van der Waals surface area contributed by atoms with Crippen LogP contribution in [0.5, 0.6) is 0 Å². The number of urea groups is 1. The van der Waals surface area contributed by atoms with Gasteiger partial charge in [0.1, 0.15) is 11.6 Å². The molecular weight excluding hydrogens is 308 g/mol. The van der Waals surface area contributed by atoms with E-state index < -0.39 is 0 Å². The number of rotatable bonds is 3. The van der Waals surface area contributed by atoms with Crippen LogP contribution < -0.4 is 0 Å². The number of carbonyl (C=O) groups excluding carboxylic acids is 1. The van der Waals surface area contributed by atoms with E-state index in [1.54, 1.807) is 0 Å². The maximum Gasteiger partial charge on any atom is 0.320 e. The third-order valence-electron chi connectivity index (χ3n) is 5.16. The molecule has 0 N–H and O–H groups in total. The Hall–Kier alpha value is -1.67. The number of likely N-dealkylation sites (N-methyl/N-ethyl adjacent to an activating group) is 1. The lowest BCUT2D eigenvalue weighted by Crippen LogP contribution is -2.54. The molecule has 8 heteroatoms. The Morgan fingerprint density at radius 2 is 2.04 bits per heavy atom. The molecule has 0 radical (unpaired) electrons. The molecule has 2 saturated heterocycles. The third kappa shape index (κ3) is 3.70. The Morgan fingerprint density at radius 3 is 2.71 bits per heavy atom. The van der Waals surface area contributed by atoms with Gasteiger partial charge in [-0.3, -0.25) is 4.90 Å². The van der Waals surface area contributed by atoms with E-state index in [2.05, 4.69) is 15.1 Å². The zero-order valence-corrected chi connectivity index (χ0v) is 14.9. The second-order valence-corrected chi connectivity index (χ2v) is 6.75. The van der Waals surface area contributed by atoms with E-state index in [-0.39, 0.29) is 12.1 Å². The van der Waals surface area contributed by atoms with Gasteiger partial charge in [0.25, 0.3) is 0 Å². The summed E-state index contributed by atoms with van der Waals surface area (Å²) in [5.41, 5.74) is 0. The van der Waals surface area contributed by atoms with E-state index in [1.165, 1.54) is 0 Å². The van der Waals surface area contributed by atoms with Crippen molar-refractivity contribution in [3.8, 4) is 0 Å². The summed E-state index contributed by atoms with van der Waals surface area (Å²) in [6.45, 7) is 7.34. The van der Waals surface area contributed by atoms with Gasteiger partial charge in [-0.1, -0.05) is 0 Å². The molecule has 134 valence electrons. The first kappa shape index (κ1) is 17.2. The molecular formula is C16H28N6O2. The molecule has 0 aromatic carbocycles. The lowest BCUT2D eigenvalue weighted by molar-refractivity contribution is 0.0364. The van der Waals surface area contributed by atoms with E-state index in [9.17, 15) is 4.79 Å². The van der Waals surface area contributed by atoms with Crippen molar-refractivity contribution in [1.29, 1.82) is 0 Å². The molecule has 0 bridgehead atoms. The number of hydrogen-bond donors (Lipinski definition) is 0. The molecule has 1 aromatic heterocycles. The second kappa shape index (κ2) is 7.48. The average Bonchev–Trinajstić information content (AvgIpc) is 2.93. The molecule has 0 aliphatic carbocycles. The van der Waals surface area contributed by atoms with Gasteiger partial charge in [0, 0.05) is 39.8 Å². The molecule has 2 aliphatic rings. The van der Waals surface area contributed by atoms with Crippen molar-refractivity contribution in [2.45, 2.75) is 32.4 Å². The predicted molar refractivity (Wildman–Crippen MR) is 89.6 cm³/mol. The number of nitrogens with zero attached hydrogens (tertiary/aromatic N) is 6. The van der Waals surface area contributed by atoms with Crippen molar-refractivity contribution in [2.75, 3.05) is 46.4 Å². The fourth-order valence-corrected chi connectivity index (χ4v) is 3.41. The molecule has 8 nitrogen and oxygen atoms in total. The van der Waals surface area contributed by atoms with Crippen molar-refractivity contribution in [1.82, 2.24) is 29.5 Å².